The van der Waals surface area contributed by atoms with E-state index in [4.69, 9.17) is 27.8 Å². The summed E-state index contributed by atoms with van der Waals surface area (Å²) in [5.74, 6) is -0.747. The van der Waals surface area contributed by atoms with Crippen LogP contribution in [-0.2, 0) is 27.8 Å². The van der Waals surface area contributed by atoms with Crippen molar-refractivity contribution < 1.29 is 42.8 Å². The van der Waals surface area contributed by atoms with Gasteiger partial charge in [-0.1, -0.05) is 46.2 Å². The Bertz CT molecular complexity index is 1550. The molecule has 40 heteroatoms. The molecule has 0 radical (unpaired) electrons. The number of hydrogen-bond acceptors (Lipinski definition) is 9. The average Bonchev–Trinajstić information content (AvgIpc) is 3.49. The zero-order chi connectivity index (χ0) is 47.9. The predicted molar refractivity (Wildman–Crippen MR) is 370 cm³/mol. The number of carbonyl (C=O) groups is 1. The van der Waals surface area contributed by atoms with Crippen LogP contribution in [0.3, 0.4) is 0 Å². The Morgan fingerprint density at radius 1 is 0.762 bits per heavy atom. The number of aliphatic hydroxyl groups is 2. The molecular weight excluding hydrogens is 1380 g/mol. The van der Waals surface area contributed by atoms with Gasteiger partial charge in [0.05, 0.1) is 59.9 Å². The number of carbonyl (C=O) groups excluding carboxylic acids is 1. The van der Waals surface area contributed by atoms with Crippen molar-refractivity contribution in [3.63, 3.8) is 0 Å². The van der Waals surface area contributed by atoms with Gasteiger partial charge in [-0.2, -0.15) is 0 Å². The van der Waals surface area contributed by atoms with Crippen molar-refractivity contribution in [2.45, 2.75) is 88.7 Å². The molecule has 22 unspecified atom stereocenters. The van der Waals surface area contributed by atoms with Crippen LogP contribution in [0.25, 0.3) is 0 Å². The molecule has 0 aromatic rings. The van der Waals surface area contributed by atoms with E-state index in [9.17, 15) is 15.0 Å². The van der Waals surface area contributed by atoms with E-state index in [1.807, 2.05) is 0 Å². The van der Waals surface area contributed by atoms with Crippen LogP contribution in [0.1, 0.15) is 47.0 Å². The lowest BCUT2D eigenvalue weighted by Gasteiger charge is -2.65. The molecular formula is C23H67O9P31. The highest BCUT2D eigenvalue weighted by molar-refractivity contribution is 9.19. The summed E-state index contributed by atoms with van der Waals surface area (Å²) < 4.78 is 43.7. The highest BCUT2D eigenvalue weighted by Crippen LogP contribution is 3.18. The van der Waals surface area contributed by atoms with E-state index in [2.05, 4.69) is 177 Å². The van der Waals surface area contributed by atoms with Crippen LogP contribution in [0.15, 0.2) is 11.1 Å². The predicted octanol–water partition coefficient (Wildman–Crippen LogP) is 19.4. The molecule has 1 saturated heterocycles. The first-order chi connectivity index (χ1) is 29.1. The van der Waals surface area contributed by atoms with Gasteiger partial charge in [0, 0.05) is 50.6 Å². The number of rotatable bonds is 21. The Labute approximate surface area is 433 Å². The van der Waals surface area contributed by atoms with Crippen molar-refractivity contribution in [3.05, 3.63) is 11.1 Å². The molecule has 0 aromatic carbocycles. The maximum absolute atomic E-state index is 14.3. The molecule has 3 aliphatic carbocycles. The van der Waals surface area contributed by atoms with Crippen molar-refractivity contribution in [2.75, 3.05) is 19.6 Å². The van der Waals surface area contributed by atoms with Gasteiger partial charge in [0.2, 0.25) is 0 Å². The largest absolute Gasteiger partial charge is 0.509 e. The van der Waals surface area contributed by atoms with Gasteiger partial charge in [-0.25, -0.2) is 4.79 Å². The Hall–Kier alpha value is 12.1. The Morgan fingerprint density at radius 3 is 1.78 bits per heavy atom. The van der Waals surface area contributed by atoms with Gasteiger partial charge in [-0.15, -0.1) is 134 Å². The molecule has 3 fully saturated rings. The fourth-order valence-corrected chi connectivity index (χ4v) is 205. The molecule has 2 N–H and O–H groups in total. The summed E-state index contributed by atoms with van der Waals surface area (Å²) in [5, 5.41) is 24.6. The van der Waals surface area contributed by atoms with Gasteiger partial charge in [-0.3, -0.25) is 0 Å². The van der Waals surface area contributed by atoms with Crippen LogP contribution in [0, 0.1) is 16.7 Å². The third kappa shape index (κ3) is 15.4. The molecule has 4 aliphatic rings. The van der Waals surface area contributed by atoms with Crippen LogP contribution < -0.4 is 0 Å². The highest BCUT2D eigenvalue weighted by Gasteiger charge is 2.77. The summed E-state index contributed by atoms with van der Waals surface area (Å²) in [6, 6.07) is 0. The lowest BCUT2D eigenvalue weighted by Crippen LogP contribution is -2.75. The second-order valence-corrected chi connectivity index (χ2v) is 123. The second-order valence-electron chi connectivity index (χ2n) is 15.6. The molecule has 1 spiro atoms. The van der Waals surface area contributed by atoms with E-state index in [0.29, 0.717) is 35.7 Å². The highest BCUT2D eigenvalue weighted by atomic mass is 33.2. The molecule has 2 bridgehead atoms. The minimum Gasteiger partial charge on any atom is -0.426 e. The van der Waals surface area contributed by atoms with Gasteiger partial charge in [-0.05, 0) is 80.1 Å². The second kappa shape index (κ2) is 29.9. The number of aliphatic hydroxyl groups excluding tert-OH is 2. The van der Waals surface area contributed by atoms with E-state index in [0.717, 1.165) is 11.1 Å². The van der Waals surface area contributed by atoms with Gasteiger partial charge in [0.25, 0.3) is 0 Å². The van der Waals surface area contributed by atoms with Crippen molar-refractivity contribution in [2.24, 2.45) is 16.7 Å². The lowest BCUT2D eigenvalue weighted by molar-refractivity contribution is -0.279. The summed E-state index contributed by atoms with van der Waals surface area (Å²) in [4.78, 5) is 14.3. The molecule has 0 amide bonds. The van der Waals surface area contributed by atoms with Crippen LogP contribution in [0.4, 0.5) is 4.79 Å². The number of hydrogen-bond donors (Lipinski definition) is 2. The fourth-order valence-electron chi connectivity index (χ4n) is 9.18. The van der Waals surface area contributed by atoms with Crippen LogP contribution in [0.5, 0.6) is 0 Å². The summed E-state index contributed by atoms with van der Waals surface area (Å²) in [6.07, 6.45) is -2.67. The molecule has 1 heterocycles. The van der Waals surface area contributed by atoms with Crippen LogP contribution in [-0.4, -0.2) is 77.7 Å². The smallest absolute Gasteiger partial charge is 0.426 e. The Morgan fingerprint density at radius 2 is 1.32 bits per heavy atom. The molecule has 9 nitrogen and oxygen atoms in total. The number of ether oxygens (including phenoxy) is 3. The van der Waals surface area contributed by atoms with Crippen molar-refractivity contribution in [1.29, 1.82) is 0 Å². The minimum absolute atomic E-state index is 0.250. The zero-order valence-electron chi connectivity index (χ0n) is 35.3. The third-order valence-corrected chi connectivity index (χ3v) is 153. The first-order valence-corrected chi connectivity index (χ1v) is 72.3. The van der Waals surface area contributed by atoms with E-state index < -0.39 is 164 Å². The van der Waals surface area contributed by atoms with Gasteiger partial charge in [0.15, 0.2) is 11.7 Å². The standard InChI is InChI=1S/C23H67O9P31/c1-11-12(30-53(61(48)57(40)41)63(59(44)45)60(46)47)8-23-18(28-19(26)29-23)17-21(4,7-13(16(11)20(23,2)3)31-52(56(38)39)62(50-33)58(42)43)15(32-51(54(34)35)55(36)37)6-14(25)22(17,9-24)27-10-49-5/h12-15,17-18,24-25,49-50H,6-10,33-48H2,1-5H3/t12-,13+,14+,15-,17-,18-,21+,22-,23+,52?,53?,61?,62?/m0/s1. The van der Waals surface area contributed by atoms with E-state index in [1.54, 1.807) is 0 Å². The molecule has 1 aliphatic heterocycles. The Kier molecular flexibility index (Phi) is 32.1. The fraction of sp³-hybridized carbons (Fsp3) is 0.870. The minimum atomic E-state index is -1.50. The number of fused-ring (bicyclic) bond motifs is 3. The molecule has 0 aromatic heterocycles. The van der Waals surface area contributed by atoms with E-state index in [-0.39, 0.29) is 6.42 Å². The van der Waals surface area contributed by atoms with Crippen molar-refractivity contribution in [3.8, 4) is 0 Å². The van der Waals surface area contributed by atoms with Gasteiger partial charge in [0.1, 0.15) is 5.60 Å². The monoisotopic (exact) mass is 1450 g/mol. The maximum Gasteiger partial charge on any atom is 0.509 e. The molecule has 63 heavy (non-hydrogen) atoms. The van der Waals surface area contributed by atoms with Crippen LogP contribution in [0.2, 0.25) is 0 Å². The molecule has 31 atom stereocenters. The maximum atomic E-state index is 14.3. The van der Waals surface area contributed by atoms with Crippen LogP contribution >= 0.6 is 252 Å². The van der Waals surface area contributed by atoms with Crippen molar-refractivity contribution in [1.82, 2.24) is 0 Å². The molecule has 2 saturated carbocycles. The first kappa shape index (κ1) is 67.6. The van der Waals surface area contributed by atoms with Crippen molar-refractivity contribution >= 4 is 258 Å². The molecule has 368 valence electrons. The van der Waals surface area contributed by atoms with Gasteiger partial charge < -0.3 is 38.0 Å². The SMILES string of the molecule is CPCO[C@@]1(CO)[C@H](O)C[C@H](OP(P(P)P)P(P)P)[C@@]2(C)C[C@@H](OP(P(P)P)P(PP)P(P)P)C3=C(C)[C@@H](OP(P(P)P(P)P)P(P(P)P)P(P)P)C[C@]4(OC(=O)O[C@H]4[C@@H]21)C3(C)C. The normalized spacial score (nSPS) is 34.6. The van der Waals surface area contributed by atoms with E-state index >= 15 is 0 Å². The topological polar surface area (TPSA) is 113 Å². The average molecular weight is 1450 g/mol. The summed E-state index contributed by atoms with van der Waals surface area (Å²) in [7, 11) is 47.6. The summed E-state index contributed by atoms with van der Waals surface area (Å²) in [6.45, 7) is 5.02. The zero-order valence-corrected chi connectivity index (χ0v) is 67.4. The summed E-state index contributed by atoms with van der Waals surface area (Å²) >= 11 is 0. The van der Waals surface area contributed by atoms with E-state index in [1.165, 1.54) is 0 Å². The van der Waals surface area contributed by atoms with Gasteiger partial charge >= 0.3 is 6.16 Å². The lowest BCUT2D eigenvalue weighted by atomic mass is 9.46. The third-order valence-electron chi connectivity index (χ3n) is 11.8. The quantitative estimate of drug-likeness (QED) is 0.0659. The summed E-state index contributed by atoms with van der Waals surface area (Å²) in [5.41, 5.74) is -2.18. The molecule has 4 rings (SSSR count). The Balaban J connectivity index is 2.20. The first-order valence-electron chi connectivity index (χ1n) is 18.4.